The second-order valence-electron chi connectivity index (χ2n) is 7.38. The molecule has 33 heavy (non-hydrogen) atoms. The van der Waals surface area contributed by atoms with E-state index in [2.05, 4.69) is 10.1 Å². The van der Waals surface area contributed by atoms with Gasteiger partial charge in [-0.15, -0.1) is 0 Å². The highest BCUT2D eigenvalue weighted by atomic mass is 16.5. The van der Waals surface area contributed by atoms with Crippen LogP contribution < -0.4 is 10.3 Å². The van der Waals surface area contributed by atoms with Gasteiger partial charge in [-0.25, -0.2) is 15.0 Å². The van der Waals surface area contributed by atoms with Crippen molar-refractivity contribution in [1.29, 1.82) is 0 Å². The van der Waals surface area contributed by atoms with Crippen LogP contribution in [0.15, 0.2) is 64.8 Å². The van der Waals surface area contributed by atoms with Crippen molar-refractivity contribution in [1.82, 2.24) is 24.2 Å². The second kappa shape index (κ2) is 8.79. The topological polar surface area (TPSA) is 96.4 Å². The van der Waals surface area contributed by atoms with Crippen LogP contribution in [0.5, 0.6) is 5.75 Å². The predicted molar refractivity (Wildman–Crippen MR) is 127 cm³/mol. The molecule has 3 heterocycles. The Bertz CT molecular complexity index is 1540. The van der Waals surface area contributed by atoms with Gasteiger partial charge in [-0.3, -0.25) is 9.36 Å². The average molecular weight is 442 g/mol. The van der Waals surface area contributed by atoms with Gasteiger partial charge in [0.15, 0.2) is 11.3 Å². The molecule has 0 atom stereocenters. The molecule has 9 nitrogen and oxygen atoms in total. The number of nitrogens with zero attached hydrogens (tertiary/aromatic N) is 6. The molecule has 0 aliphatic carbocycles. The summed E-state index contributed by atoms with van der Waals surface area (Å²) in [6, 6.07) is 15.1. The van der Waals surface area contributed by atoms with E-state index >= 15 is 0 Å². The molecule has 5 aromatic rings. The minimum absolute atomic E-state index is 0.207. The Labute approximate surface area is 188 Å². The maximum absolute atomic E-state index is 13.3. The molecule has 2 aromatic carbocycles. The zero-order valence-electron chi connectivity index (χ0n) is 18.3. The molecule has 0 bridgehead atoms. The van der Waals surface area contributed by atoms with E-state index in [0.29, 0.717) is 53.0 Å². The van der Waals surface area contributed by atoms with E-state index in [9.17, 15) is 4.79 Å². The van der Waals surface area contributed by atoms with Gasteiger partial charge < -0.3 is 9.47 Å². The maximum Gasteiger partial charge on any atom is 0.265 e. The standard InChI is InChI=1S/C24H22N6O3/c1-3-33-17-10-8-16(9-11-17)14-26-30-22-20(24(31)29(15-25-22)12-13-32-2)21-23(30)28-19-7-5-4-6-18(19)27-21/h4-11,14-15H,3,12-13H2,1-2H3/b26-14-. The van der Waals surface area contributed by atoms with Crippen LogP contribution in [-0.4, -0.2) is 50.7 Å². The van der Waals surface area contributed by atoms with E-state index in [0.717, 1.165) is 11.3 Å². The Morgan fingerprint density at radius 2 is 1.79 bits per heavy atom. The van der Waals surface area contributed by atoms with Crippen LogP contribution in [0, 0.1) is 0 Å². The summed E-state index contributed by atoms with van der Waals surface area (Å²) in [7, 11) is 1.59. The molecule has 0 aliphatic rings. The molecule has 3 aromatic heterocycles. The highest BCUT2D eigenvalue weighted by Gasteiger charge is 2.19. The molecule has 166 valence electrons. The lowest BCUT2D eigenvalue weighted by Crippen LogP contribution is -2.22. The Morgan fingerprint density at radius 3 is 2.52 bits per heavy atom. The lowest BCUT2D eigenvalue weighted by Gasteiger charge is -2.04. The molecule has 0 amide bonds. The third-order valence-electron chi connectivity index (χ3n) is 5.26. The molecular formula is C24H22N6O3. The predicted octanol–water partition coefficient (Wildman–Crippen LogP) is 3.22. The zero-order valence-corrected chi connectivity index (χ0v) is 18.3. The van der Waals surface area contributed by atoms with Gasteiger partial charge in [0.05, 0.1) is 37.0 Å². The molecule has 0 saturated heterocycles. The van der Waals surface area contributed by atoms with Gasteiger partial charge in [0.2, 0.25) is 0 Å². The normalized spacial score (nSPS) is 11.8. The minimum atomic E-state index is -0.207. The van der Waals surface area contributed by atoms with E-state index in [4.69, 9.17) is 19.4 Å². The molecule has 0 unspecified atom stereocenters. The number of ether oxygens (including phenoxy) is 2. The third kappa shape index (κ3) is 3.83. The summed E-state index contributed by atoms with van der Waals surface area (Å²) in [6.07, 6.45) is 3.20. The van der Waals surface area contributed by atoms with Crippen molar-refractivity contribution >= 4 is 39.4 Å². The van der Waals surface area contributed by atoms with Gasteiger partial charge in [-0.2, -0.15) is 9.78 Å². The monoisotopic (exact) mass is 442 g/mol. The molecule has 0 radical (unpaired) electrons. The molecule has 0 N–H and O–H groups in total. The van der Waals surface area contributed by atoms with Crippen molar-refractivity contribution in [2.75, 3.05) is 20.3 Å². The van der Waals surface area contributed by atoms with Crippen molar-refractivity contribution in [2.24, 2.45) is 5.10 Å². The summed E-state index contributed by atoms with van der Waals surface area (Å²) in [5.41, 5.74) is 3.42. The van der Waals surface area contributed by atoms with Crippen LogP contribution >= 0.6 is 0 Å². The van der Waals surface area contributed by atoms with Gasteiger partial charge in [0.25, 0.3) is 5.56 Å². The average Bonchev–Trinajstić information content (AvgIpc) is 3.15. The smallest absolute Gasteiger partial charge is 0.265 e. The Balaban J connectivity index is 1.71. The second-order valence-corrected chi connectivity index (χ2v) is 7.38. The molecular weight excluding hydrogens is 420 g/mol. The number of methoxy groups -OCH3 is 1. The van der Waals surface area contributed by atoms with Crippen LogP contribution in [0.1, 0.15) is 12.5 Å². The van der Waals surface area contributed by atoms with Crippen molar-refractivity contribution in [3.8, 4) is 5.75 Å². The van der Waals surface area contributed by atoms with Crippen LogP contribution in [0.3, 0.4) is 0 Å². The molecule has 0 aliphatic heterocycles. The Morgan fingerprint density at radius 1 is 1.03 bits per heavy atom. The van der Waals surface area contributed by atoms with Crippen LogP contribution in [0.2, 0.25) is 0 Å². The summed E-state index contributed by atoms with van der Waals surface area (Å²) in [4.78, 5) is 27.3. The molecule has 9 heteroatoms. The van der Waals surface area contributed by atoms with Gasteiger partial charge in [0.1, 0.15) is 23.0 Å². The highest BCUT2D eigenvalue weighted by Crippen LogP contribution is 2.25. The summed E-state index contributed by atoms with van der Waals surface area (Å²) in [6.45, 7) is 3.34. The van der Waals surface area contributed by atoms with E-state index in [1.165, 1.54) is 10.9 Å². The summed E-state index contributed by atoms with van der Waals surface area (Å²) in [5.74, 6) is 0.794. The van der Waals surface area contributed by atoms with Crippen LogP contribution in [0.4, 0.5) is 0 Å². The fraction of sp³-hybridized carbons (Fsp3) is 0.208. The van der Waals surface area contributed by atoms with Gasteiger partial charge in [-0.1, -0.05) is 12.1 Å². The Kier molecular flexibility index (Phi) is 5.54. The van der Waals surface area contributed by atoms with Gasteiger partial charge in [-0.05, 0) is 48.9 Å². The van der Waals surface area contributed by atoms with Crippen molar-refractivity contribution in [2.45, 2.75) is 13.5 Å². The largest absolute Gasteiger partial charge is 0.494 e. The first-order valence-corrected chi connectivity index (χ1v) is 10.6. The van der Waals surface area contributed by atoms with Gasteiger partial charge >= 0.3 is 0 Å². The maximum atomic E-state index is 13.3. The molecule has 5 rings (SSSR count). The molecule has 0 saturated carbocycles. The fourth-order valence-corrected chi connectivity index (χ4v) is 3.65. The first-order chi connectivity index (χ1) is 16.2. The third-order valence-corrected chi connectivity index (χ3v) is 5.26. The van der Waals surface area contributed by atoms with Crippen LogP contribution in [-0.2, 0) is 11.3 Å². The van der Waals surface area contributed by atoms with E-state index in [1.807, 2.05) is 55.5 Å². The number of para-hydroxylation sites is 2. The SMILES string of the molecule is CCOc1ccc(/C=N\n2c3nc4ccccc4nc3c3c(=O)n(CCOC)cnc32)cc1. The number of fused-ring (bicyclic) bond motifs is 4. The Hall–Kier alpha value is -4.11. The summed E-state index contributed by atoms with van der Waals surface area (Å²) >= 11 is 0. The number of rotatable bonds is 7. The van der Waals surface area contributed by atoms with Crippen molar-refractivity contribution in [3.63, 3.8) is 0 Å². The summed E-state index contributed by atoms with van der Waals surface area (Å²) in [5, 5.41) is 5.00. The number of benzene rings is 2. The minimum Gasteiger partial charge on any atom is -0.494 e. The molecule has 0 spiro atoms. The van der Waals surface area contributed by atoms with E-state index in [1.54, 1.807) is 18.0 Å². The van der Waals surface area contributed by atoms with E-state index in [-0.39, 0.29) is 5.56 Å². The highest BCUT2D eigenvalue weighted by molar-refractivity contribution is 6.04. The lowest BCUT2D eigenvalue weighted by atomic mass is 10.2. The first kappa shape index (κ1) is 20.8. The quantitative estimate of drug-likeness (QED) is 0.359. The number of hydrogen-bond acceptors (Lipinski definition) is 7. The number of hydrogen-bond donors (Lipinski definition) is 0. The zero-order chi connectivity index (χ0) is 22.8. The fourth-order valence-electron chi connectivity index (χ4n) is 3.65. The van der Waals surface area contributed by atoms with Crippen molar-refractivity contribution < 1.29 is 9.47 Å². The first-order valence-electron chi connectivity index (χ1n) is 10.6. The summed E-state index contributed by atoms with van der Waals surface area (Å²) < 4.78 is 13.7. The van der Waals surface area contributed by atoms with Crippen LogP contribution in [0.25, 0.3) is 33.2 Å². The van der Waals surface area contributed by atoms with Gasteiger partial charge in [0, 0.05) is 7.11 Å². The lowest BCUT2D eigenvalue weighted by molar-refractivity contribution is 0.186. The molecule has 0 fully saturated rings. The van der Waals surface area contributed by atoms with Crippen molar-refractivity contribution in [3.05, 3.63) is 70.8 Å². The number of aromatic nitrogens is 5. The van der Waals surface area contributed by atoms with E-state index < -0.39 is 0 Å².